The van der Waals surface area contributed by atoms with E-state index in [1.54, 1.807) is 7.11 Å². The van der Waals surface area contributed by atoms with E-state index in [0.717, 1.165) is 15.6 Å². The summed E-state index contributed by atoms with van der Waals surface area (Å²) >= 11 is 0.247. The van der Waals surface area contributed by atoms with Crippen molar-refractivity contribution in [2.45, 2.75) is 43.5 Å². The Hall–Kier alpha value is -0.250. The Kier molecular flexibility index (Phi) is 7.71. The van der Waals surface area contributed by atoms with E-state index in [4.69, 9.17) is 4.74 Å². The number of benzene rings is 1. The first-order valence-corrected chi connectivity index (χ1v) is 10.4. The van der Waals surface area contributed by atoms with Crippen molar-refractivity contribution in [3.63, 3.8) is 0 Å². The van der Waals surface area contributed by atoms with Crippen LogP contribution in [0.1, 0.15) is 49.0 Å². The van der Waals surface area contributed by atoms with E-state index in [2.05, 4.69) is 29.2 Å². The van der Waals surface area contributed by atoms with E-state index in [-0.39, 0.29) is 21.2 Å². The molecule has 1 aromatic rings. The van der Waals surface area contributed by atoms with Gasteiger partial charge in [0.15, 0.2) is 0 Å². The Bertz CT molecular complexity index is 332. The molecule has 0 N–H and O–H groups in total. The third kappa shape index (κ3) is 3.87. The second kappa shape index (κ2) is 8.78. The zero-order chi connectivity index (χ0) is 13.4. The summed E-state index contributed by atoms with van der Waals surface area (Å²) in [7, 11) is 1.79. The van der Waals surface area contributed by atoms with Crippen LogP contribution in [0.5, 0.6) is 5.75 Å². The average Bonchev–Trinajstić information content (AvgIpc) is 2.96. The first-order valence-electron chi connectivity index (χ1n) is 6.97. The Balaban J connectivity index is 0.000000771. The van der Waals surface area contributed by atoms with Crippen LogP contribution in [0.2, 0.25) is 0 Å². The number of hydrogen-bond acceptors (Lipinski definition) is 1. The van der Waals surface area contributed by atoms with E-state index < -0.39 is 0 Å². The summed E-state index contributed by atoms with van der Waals surface area (Å²) in [5.74, 6) is 2.02. The van der Waals surface area contributed by atoms with Gasteiger partial charge in [0.05, 0.1) is 0 Å². The molecule has 0 heterocycles. The van der Waals surface area contributed by atoms with Gasteiger partial charge in [-0.2, -0.15) is 0 Å². The van der Waals surface area contributed by atoms with E-state index in [0.29, 0.717) is 0 Å². The van der Waals surface area contributed by atoms with Crippen molar-refractivity contribution in [2.75, 3.05) is 12.0 Å². The maximum atomic E-state index is 5.51. The first-order chi connectivity index (χ1) is 8.86. The molecule has 0 aliphatic heterocycles. The van der Waals surface area contributed by atoms with Crippen LogP contribution in [0.4, 0.5) is 0 Å². The van der Waals surface area contributed by atoms with Crippen molar-refractivity contribution in [3.05, 3.63) is 29.8 Å². The molecule has 0 bridgehead atoms. The molecule has 1 nitrogen and oxygen atoms in total. The number of alkyl halides is 2. The summed E-state index contributed by atoms with van der Waals surface area (Å²) in [5, 5.41) is 0. The van der Waals surface area contributed by atoms with Gasteiger partial charge in [0.2, 0.25) is 0 Å². The van der Waals surface area contributed by atoms with Crippen LogP contribution in [-0.4, -0.2) is 12.0 Å². The van der Waals surface area contributed by atoms with Crippen LogP contribution >= 0.6 is 0 Å². The third-order valence-corrected chi connectivity index (χ3v) is 6.51. The van der Waals surface area contributed by atoms with Gasteiger partial charge in [-0.05, 0) is 0 Å². The summed E-state index contributed by atoms with van der Waals surface area (Å²) < 4.78 is 6.31. The molecule has 0 radical (unpaired) electrons. The van der Waals surface area contributed by atoms with Crippen LogP contribution in [0.25, 0.3) is 0 Å². The Labute approximate surface area is 123 Å². The number of ether oxygens (including phenoxy) is 1. The minimum absolute atomic E-state index is 0.247. The number of para-hydroxylation sites is 1. The van der Waals surface area contributed by atoms with Crippen LogP contribution in [0.3, 0.4) is 0 Å². The van der Waals surface area contributed by atoms with Gasteiger partial charge < -0.3 is 0 Å². The minimum atomic E-state index is 0.247. The van der Waals surface area contributed by atoms with Crippen LogP contribution in [0.15, 0.2) is 24.3 Å². The fraction of sp³-hybridized carbons (Fsp3) is 0.625. The van der Waals surface area contributed by atoms with Gasteiger partial charge in [-0.15, -0.1) is 0 Å². The number of halogens is 1. The van der Waals surface area contributed by atoms with Gasteiger partial charge >= 0.3 is 109 Å². The topological polar surface area (TPSA) is 9.23 Å². The first kappa shape index (κ1) is 15.8. The molecule has 1 fully saturated rings. The van der Waals surface area contributed by atoms with Gasteiger partial charge in [-0.25, -0.2) is 0 Å². The van der Waals surface area contributed by atoms with Gasteiger partial charge in [0.1, 0.15) is 0 Å². The van der Waals surface area contributed by atoms with Crippen molar-refractivity contribution >= 4 is 0 Å². The molecule has 104 valence electrons. The Morgan fingerprint density at radius 2 is 1.78 bits per heavy atom. The molecule has 0 aromatic heterocycles. The molecule has 1 atom stereocenters. The normalized spacial score (nSPS) is 17.1. The average molecular weight is 361 g/mol. The van der Waals surface area contributed by atoms with Crippen LogP contribution < -0.4 is 25.9 Å². The molecule has 1 unspecified atom stereocenters. The molecule has 0 saturated heterocycles. The summed E-state index contributed by atoms with van der Waals surface area (Å²) in [4.78, 5) is 2.41. The van der Waals surface area contributed by atoms with Crippen molar-refractivity contribution in [3.8, 4) is 5.75 Å². The van der Waals surface area contributed by atoms with Crippen molar-refractivity contribution < 1.29 is 25.9 Å². The van der Waals surface area contributed by atoms with Crippen LogP contribution in [0, 0.1) is 5.92 Å². The molecule has 0 amide bonds. The summed E-state index contributed by atoms with van der Waals surface area (Å²) in [6.45, 7) is 4.00. The third-order valence-electron chi connectivity index (χ3n) is 3.48. The summed E-state index contributed by atoms with van der Waals surface area (Å²) in [6.07, 6.45) is 5.71. The summed E-state index contributed by atoms with van der Waals surface area (Å²) in [5.41, 5.74) is 1.47. The molecule has 2 heteroatoms. The zero-order valence-corrected chi connectivity index (χ0v) is 14.2. The van der Waals surface area contributed by atoms with Crippen LogP contribution in [-0.2, 0) is 0 Å². The Morgan fingerprint density at radius 3 is 2.33 bits per heavy atom. The number of rotatable bonds is 4. The van der Waals surface area contributed by atoms with Crippen molar-refractivity contribution in [1.82, 2.24) is 0 Å². The van der Waals surface area contributed by atoms with Crippen molar-refractivity contribution in [2.24, 2.45) is 5.92 Å². The van der Waals surface area contributed by atoms with E-state index in [1.165, 1.54) is 31.2 Å². The standard InChI is InChI=1S/C14H20IO.C2H6/c1-15-14(11-7-3-4-8-11)12-9-5-6-10-13(12)16-2;1-2/h5-6,9-11,14H,3-4,7-8H2,1-2H3;1-2H3/q-1;. The molecule has 18 heavy (non-hydrogen) atoms. The molecular formula is C16H26IO-. The molecule has 1 aromatic carbocycles. The second-order valence-corrected chi connectivity index (χ2v) is 6.99. The van der Waals surface area contributed by atoms with Crippen molar-refractivity contribution in [1.29, 1.82) is 0 Å². The van der Waals surface area contributed by atoms with E-state index in [9.17, 15) is 0 Å². The SMILES string of the molecule is CC.COc1ccccc1C([I-]C)C1CCCC1. The zero-order valence-electron chi connectivity index (χ0n) is 12.1. The molecule has 1 aliphatic rings. The molecular weight excluding hydrogens is 335 g/mol. The molecule has 1 saturated carbocycles. The van der Waals surface area contributed by atoms with E-state index >= 15 is 0 Å². The monoisotopic (exact) mass is 361 g/mol. The number of hydrogen-bond donors (Lipinski definition) is 0. The van der Waals surface area contributed by atoms with Gasteiger partial charge in [-0.1, -0.05) is 13.8 Å². The number of methoxy groups -OCH3 is 1. The second-order valence-electron chi connectivity index (χ2n) is 4.41. The maximum absolute atomic E-state index is 5.51. The molecule has 0 spiro atoms. The molecule has 1 aliphatic carbocycles. The predicted molar refractivity (Wildman–Crippen MR) is 75.0 cm³/mol. The predicted octanol–water partition coefficient (Wildman–Crippen LogP) is 1.67. The molecule has 2 rings (SSSR count). The Morgan fingerprint density at radius 1 is 1.17 bits per heavy atom. The van der Waals surface area contributed by atoms with Gasteiger partial charge in [0, 0.05) is 0 Å². The van der Waals surface area contributed by atoms with E-state index in [1.807, 2.05) is 13.8 Å². The van der Waals surface area contributed by atoms with Gasteiger partial charge in [-0.3, -0.25) is 0 Å². The fourth-order valence-corrected chi connectivity index (χ4v) is 5.62. The summed E-state index contributed by atoms with van der Waals surface area (Å²) in [6, 6.07) is 8.60. The van der Waals surface area contributed by atoms with Gasteiger partial charge in [0.25, 0.3) is 0 Å². The fourth-order valence-electron chi connectivity index (χ4n) is 2.69. The quantitative estimate of drug-likeness (QED) is 0.586.